The molecule has 1 amide bonds. The van der Waals surface area contributed by atoms with E-state index in [0.29, 0.717) is 17.4 Å². The van der Waals surface area contributed by atoms with E-state index >= 15 is 0 Å². The Balaban J connectivity index is 1.57. The largest absolute Gasteiger partial charge is 0.497 e. The van der Waals surface area contributed by atoms with Gasteiger partial charge in [0.25, 0.3) is 0 Å². The van der Waals surface area contributed by atoms with Crippen molar-refractivity contribution >= 4 is 60.3 Å². The first-order valence-electron chi connectivity index (χ1n) is 9.14. The van der Waals surface area contributed by atoms with Gasteiger partial charge in [-0.15, -0.1) is 11.8 Å². The van der Waals surface area contributed by atoms with Crippen molar-refractivity contribution in [3.8, 4) is 5.75 Å². The zero-order chi connectivity index (χ0) is 20.9. The molecule has 0 atom stereocenters. The topological polar surface area (TPSA) is 55.3 Å². The standard InChI is InChI=1S/C22H18BrN3O2S2/c1-28-17-3-5-18(6-4-17)29-14-21(27)26(13-15-8-10-24-11-9-15)22-25-19-7-2-16(23)12-20(19)30-22/h2-12H,13-14H2,1H3. The normalized spacial score (nSPS) is 10.9. The number of anilines is 1. The number of pyridine rings is 1. The minimum atomic E-state index is 0.00533. The average Bonchev–Trinajstić information content (AvgIpc) is 3.19. The van der Waals surface area contributed by atoms with Gasteiger partial charge in [0.15, 0.2) is 5.13 Å². The summed E-state index contributed by atoms with van der Waals surface area (Å²) in [5.74, 6) is 1.12. The van der Waals surface area contributed by atoms with E-state index in [-0.39, 0.29) is 5.91 Å². The minimum Gasteiger partial charge on any atom is -0.497 e. The Morgan fingerprint density at radius 1 is 1.13 bits per heavy atom. The number of amides is 1. The molecule has 5 nitrogen and oxygen atoms in total. The van der Waals surface area contributed by atoms with Gasteiger partial charge < -0.3 is 4.74 Å². The molecular formula is C22H18BrN3O2S2. The quantitative estimate of drug-likeness (QED) is 0.301. The van der Waals surface area contributed by atoms with Crippen LogP contribution in [0.15, 0.2) is 76.4 Å². The van der Waals surface area contributed by atoms with Crippen molar-refractivity contribution in [3.63, 3.8) is 0 Å². The summed E-state index contributed by atoms with van der Waals surface area (Å²) in [5, 5.41) is 0.695. The fraction of sp³-hybridized carbons (Fsp3) is 0.136. The van der Waals surface area contributed by atoms with Crippen LogP contribution in [0.1, 0.15) is 5.56 Å². The summed E-state index contributed by atoms with van der Waals surface area (Å²) < 4.78 is 7.22. The van der Waals surface area contributed by atoms with Gasteiger partial charge in [-0.05, 0) is 60.2 Å². The van der Waals surface area contributed by atoms with Crippen LogP contribution in [-0.4, -0.2) is 28.7 Å². The van der Waals surface area contributed by atoms with Gasteiger partial charge in [-0.2, -0.15) is 0 Å². The Morgan fingerprint density at radius 2 is 1.90 bits per heavy atom. The van der Waals surface area contributed by atoms with E-state index in [9.17, 15) is 4.79 Å². The molecule has 30 heavy (non-hydrogen) atoms. The molecule has 0 unspecified atom stereocenters. The molecular weight excluding hydrogens is 482 g/mol. The first-order chi connectivity index (χ1) is 14.6. The van der Waals surface area contributed by atoms with Gasteiger partial charge in [0, 0.05) is 21.8 Å². The molecule has 4 rings (SSSR count). The van der Waals surface area contributed by atoms with Gasteiger partial charge in [-0.3, -0.25) is 14.7 Å². The Labute approximate surface area is 191 Å². The smallest absolute Gasteiger partial charge is 0.239 e. The third-order valence-electron chi connectivity index (χ3n) is 4.38. The van der Waals surface area contributed by atoms with Gasteiger partial charge in [0.1, 0.15) is 5.75 Å². The van der Waals surface area contributed by atoms with Crippen LogP contribution in [0.2, 0.25) is 0 Å². The van der Waals surface area contributed by atoms with Gasteiger partial charge >= 0.3 is 0 Å². The minimum absolute atomic E-state index is 0.00533. The molecule has 8 heteroatoms. The number of ether oxygens (including phenoxy) is 1. The van der Waals surface area contributed by atoms with Crippen LogP contribution < -0.4 is 9.64 Å². The lowest BCUT2D eigenvalue weighted by Crippen LogP contribution is -2.31. The fourth-order valence-electron chi connectivity index (χ4n) is 2.83. The lowest BCUT2D eigenvalue weighted by Gasteiger charge is -2.20. The molecule has 0 bridgehead atoms. The van der Waals surface area contributed by atoms with Gasteiger partial charge in [0.2, 0.25) is 5.91 Å². The van der Waals surface area contributed by atoms with Gasteiger partial charge in [0.05, 0.1) is 29.6 Å². The first kappa shape index (κ1) is 20.8. The Bertz CT molecular complexity index is 1150. The predicted octanol–water partition coefficient (Wildman–Crippen LogP) is 5.79. The van der Waals surface area contributed by atoms with Crippen LogP contribution in [-0.2, 0) is 11.3 Å². The van der Waals surface area contributed by atoms with E-state index in [1.54, 1.807) is 24.4 Å². The molecule has 152 valence electrons. The summed E-state index contributed by atoms with van der Waals surface area (Å²) in [6.45, 7) is 0.450. The lowest BCUT2D eigenvalue weighted by atomic mass is 10.2. The van der Waals surface area contributed by atoms with E-state index in [1.807, 2.05) is 54.6 Å². The summed E-state index contributed by atoms with van der Waals surface area (Å²) in [7, 11) is 1.64. The maximum Gasteiger partial charge on any atom is 0.239 e. The number of methoxy groups -OCH3 is 1. The van der Waals surface area contributed by atoms with E-state index in [4.69, 9.17) is 9.72 Å². The number of hydrogen-bond acceptors (Lipinski definition) is 6. The second-order valence-electron chi connectivity index (χ2n) is 6.41. The molecule has 4 aromatic rings. The zero-order valence-corrected chi connectivity index (χ0v) is 19.3. The summed E-state index contributed by atoms with van der Waals surface area (Å²) >= 11 is 6.52. The van der Waals surface area contributed by atoms with Crippen LogP contribution in [0.25, 0.3) is 10.2 Å². The monoisotopic (exact) mass is 499 g/mol. The van der Waals surface area contributed by atoms with Crippen molar-refractivity contribution in [1.29, 1.82) is 0 Å². The average molecular weight is 500 g/mol. The van der Waals surface area contributed by atoms with E-state index in [2.05, 4.69) is 20.9 Å². The third-order valence-corrected chi connectivity index (χ3v) is 6.91. The number of aromatic nitrogens is 2. The maximum atomic E-state index is 13.2. The predicted molar refractivity (Wildman–Crippen MR) is 126 cm³/mol. The van der Waals surface area contributed by atoms with E-state index in [1.165, 1.54) is 23.1 Å². The highest BCUT2D eigenvalue weighted by atomic mass is 79.9. The molecule has 0 aliphatic rings. The van der Waals surface area contributed by atoms with Crippen LogP contribution in [0.4, 0.5) is 5.13 Å². The molecule has 0 aliphatic carbocycles. The highest BCUT2D eigenvalue weighted by Gasteiger charge is 2.20. The maximum absolute atomic E-state index is 13.2. The van der Waals surface area contributed by atoms with Gasteiger partial charge in [-0.25, -0.2) is 4.98 Å². The fourth-order valence-corrected chi connectivity index (χ4v) is 5.14. The second kappa shape index (κ2) is 9.59. The SMILES string of the molecule is COc1ccc(SCC(=O)N(Cc2ccncc2)c2nc3ccc(Br)cc3s2)cc1. The molecule has 2 aromatic carbocycles. The highest BCUT2D eigenvalue weighted by Crippen LogP contribution is 2.32. The number of thiazole rings is 1. The highest BCUT2D eigenvalue weighted by molar-refractivity contribution is 9.10. The van der Waals surface area contributed by atoms with Crippen LogP contribution in [0, 0.1) is 0 Å². The second-order valence-corrected chi connectivity index (χ2v) is 9.38. The summed E-state index contributed by atoms with van der Waals surface area (Å²) in [6.07, 6.45) is 3.47. The molecule has 2 aromatic heterocycles. The Kier molecular flexibility index (Phi) is 6.66. The number of thioether (sulfide) groups is 1. The lowest BCUT2D eigenvalue weighted by molar-refractivity contribution is -0.116. The molecule has 0 saturated heterocycles. The number of fused-ring (bicyclic) bond motifs is 1. The number of halogens is 1. The molecule has 0 radical (unpaired) electrons. The van der Waals surface area contributed by atoms with Crippen LogP contribution >= 0.6 is 39.0 Å². The first-order valence-corrected chi connectivity index (χ1v) is 11.7. The summed E-state index contributed by atoms with van der Waals surface area (Å²) in [4.78, 5) is 24.8. The van der Waals surface area contributed by atoms with Crippen molar-refractivity contribution in [1.82, 2.24) is 9.97 Å². The third kappa shape index (κ3) is 5.00. The Morgan fingerprint density at radius 3 is 2.63 bits per heavy atom. The van der Waals surface area contributed by atoms with Crippen molar-refractivity contribution < 1.29 is 9.53 Å². The number of benzene rings is 2. The van der Waals surface area contributed by atoms with Gasteiger partial charge in [-0.1, -0.05) is 27.3 Å². The summed E-state index contributed by atoms with van der Waals surface area (Å²) in [6, 6.07) is 17.5. The number of rotatable bonds is 7. The van der Waals surface area contributed by atoms with E-state index < -0.39 is 0 Å². The zero-order valence-electron chi connectivity index (χ0n) is 16.1. The number of carbonyl (C=O) groups is 1. The molecule has 2 heterocycles. The molecule has 0 N–H and O–H groups in total. The van der Waals surface area contributed by atoms with Crippen molar-refractivity contribution in [2.45, 2.75) is 11.4 Å². The molecule has 0 saturated carbocycles. The van der Waals surface area contributed by atoms with Crippen molar-refractivity contribution in [2.24, 2.45) is 0 Å². The van der Waals surface area contributed by atoms with Crippen molar-refractivity contribution in [3.05, 3.63) is 77.0 Å². The number of nitrogens with zero attached hydrogens (tertiary/aromatic N) is 3. The molecule has 0 spiro atoms. The number of hydrogen-bond donors (Lipinski definition) is 0. The summed E-state index contributed by atoms with van der Waals surface area (Å²) in [5.41, 5.74) is 1.89. The Hall–Kier alpha value is -2.42. The van der Waals surface area contributed by atoms with E-state index in [0.717, 1.165) is 30.9 Å². The van der Waals surface area contributed by atoms with Crippen molar-refractivity contribution in [2.75, 3.05) is 17.8 Å². The molecule has 0 aliphatic heterocycles. The van der Waals surface area contributed by atoms with Crippen LogP contribution in [0.3, 0.4) is 0 Å². The van der Waals surface area contributed by atoms with Crippen LogP contribution in [0.5, 0.6) is 5.75 Å². The number of carbonyl (C=O) groups excluding carboxylic acids is 1. The molecule has 0 fully saturated rings.